The largest absolute Gasteiger partial charge is 0.411 e. The number of hydrogen-bond acceptors (Lipinski definition) is 3. The standard InChI is InChI=1S/C11H14N2O/c14-12-11-6-7-13(9-11)8-10-4-2-1-3-5-10/h1-5,14H,6-9H2. The summed E-state index contributed by atoms with van der Waals surface area (Å²) < 4.78 is 0. The molecule has 3 nitrogen and oxygen atoms in total. The van der Waals surface area contributed by atoms with Crippen LogP contribution >= 0.6 is 0 Å². The monoisotopic (exact) mass is 190 g/mol. The van der Waals surface area contributed by atoms with Crippen molar-refractivity contribution in [3.05, 3.63) is 35.9 Å². The Morgan fingerprint density at radius 3 is 2.71 bits per heavy atom. The van der Waals surface area contributed by atoms with Crippen LogP contribution in [0.2, 0.25) is 0 Å². The first-order valence-corrected chi connectivity index (χ1v) is 4.84. The molecule has 1 N–H and O–H groups in total. The van der Waals surface area contributed by atoms with Gasteiger partial charge in [0.15, 0.2) is 0 Å². The van der Waals surface area contributed by atoms with Gasteiger partial charge in [-0.1, -0.05) is 35.5 Å². The minimum atomic E-state index is 0.797. The van der Waals surface area contributed by atoms with Gasteiger partial charge in [-0.05, 0) is 5.56 Å². The number of benzene rings is 1. The highest BCUT2D eigenvalue weighted by Crippen LogP contribution is 2.10. The average Bonchev–Trinajstić information content (AvgIpc) is 2.67. The van der Waals surface area contributed by atoms with Crippen molar-refractivity contribution in [3.63, 3.8) is 0 Å². The van der Waals surface area contributed by atoms with Gasteiger partial charge in [0.05, 0.1) is 5.71 Å². The Labute approximate surface area is 83.7 Å². The Kier molecular flexibility index (Phi) is 2.79. The maximum absolute atomic E-state index is 8.61. The summed E-state index contributed by atoms with van der Waals surface area (Å²) in [6.45, 7) is 2.74. The highest BCUT2D eigenvalue weighted by molar-refractivity contribution is 5.87. The fraction of sp³-hybridized carbons (Fsp3) is 0.364. The average molecular weight is 190 g/mol. The zero-order valence-corrected chi connectivity index (χ0v) is 8.06. The lowest BCUT2D eigenvalue weighted by Gasteiger charge is -2.13. The Morgan fingerprint density at radius 2 is 2.07 bits per heavy atom. The van der Waals surface area contributed by atoms with E-state index in [1.807, 2.05) is 18.2 Å². The van der Waals surface area contributed by atoms with Crippen molar-refractivity contribution in [2.75, 3.05) is 13.1 Å². The number of likely N-dealkylation sites (tertiary alicyclic amines) is 1. The van der Waals surface area contributed by atoms with Crippen LogP contribution in [0.1, 0.15) is 12.0 Å². The van der Waals surface area contributed by atoms with Gasteiger partial charge in [-0.15, -0.1) is 0 Å². The van der Waals surface area contributed by atoms with Gasteiger partial charge in [0.1, 0.15) is 0 Å². The third-order valence-corrected chi connectivity index (χ3v) is 2.51. The van der Waals surface area contributed by atoms with Gasteiger partial charge >= 0.3 is 0 Å². The fourth-order valence-electron chi connectivity index (χ4n) is 1.76. The van der Waals surface area contributed by atoms with Gasteiger partial charge in [0.25, 0.3) is 0 Å². The first-order valence-electron chi connectivity index (χ1n) is 4.84. The molecule has 1 fully saturated rings. The topological polar surface area (TPSA) is 35.8 Å². The Hall–Kier alpha value is -1.35. The third-order valence-electron chi connectivity index (χ3n) is 2.51. The molecule has 74 valence electrons. The van der Waals surface area contributed by atoms with Crippen molar-refractivity contribution in [2.24, 2.45) is 5.16 Å². The summed E-state index contributed by atoms with van der Waals surface area (Å²) in [5, 5.41) is 11.9. The molecule has 0 aliphatic carbocycles. The second-order valence-electron chi connectivity index (χ2n) is 3.61. The molecular formula is C11H14N2O. The molecule has 1 heterocycles. The van der Waals surface area contributed by atoms with E-state index < -0.39 is 0 Å². The van der Waals surface area contributed by atoms with Gasteiger partial charge < -0.3 is 5.21 Å². The van der Waals surface area contributed by atoms with E-state index in [9.17, 15) is 0 Å². The summed E-state index contributed by atoms with van der Waals surface area (Å²) in [4.78, 5) is 2.28. The molecule has 1 aromatic carbocycles. The molecule has 0 unspecified atom stereocenters. The van der Waals surface area contributed by atoms with E-state index >= 15 is 0 Å². The second kappa shape index (κ2) is 4.24. The van der Waals surface area contributed by atoms with E-state index in [-0.39, 0.29) is 0 Å². The Bertz CT molecular complexity index is 321. The molecular weight excluding hydrogens is 176 g/mol. The second-order valence-corrected chi connectivity index (χ2v) is 3.61. The highest BCUT2D eigenvalue weighted by atomic mass is 16.4. The molecule has 0 amide bonds. The van der Waals surface area contributed by atoms with E-state index in [0.29, 0.717) is 0 Å². The van der Waals surface area contributed by atoms with Crippen LogP contribution in [0.4, 0.5) is 0 Å². The molecule has 0 spiro atoms. The molecule has 0 radical (unpaired) electrons. The van der Waals surface area contributed by atoms with Crippen LogP contribution in [0, 0.1) is 0 Å². The SMILES string of the molecule is ON=C1CCN(Cc2ccccc2)C1. The molecule has 2 rings (SSSR count). The lowest BCUT2D eigenvalue weighted by Crippen LogP contribution is -2.19. The highest BCUT2D eigenvalue weighted by Gasteiger charge is 2.17. The van der Waals surface area contributed by atoms with Crippen LogP contribution in [0.5, 0.6) is 0 Å². The lowest BCUT2D eigenvalue weighted by molar-refractivity contribution is 0.313. The minimum Gasteiger partial charge on any atom is -0.411 e. The zero-order chi connectivity index (χ0) is 9.80. The number of oxime groups is 1. The van der Waals surface area contributed by atoms with Crippen molar-refractivity contribution in [1.82, 2.24) is 4.90 Å². The van der Waals surface area contributed by atoms with Crippen molar-refractivity contribution >= 4 is 5.71 Å². The van der Waals surface area contributed by atoms with E-state index in [1.54, 1.807) is 0 Å². The normalized spacial score (nSPS) is 20.4. The molecule has 1 aliphatic heterocycles. The van der Waals surface area contributed by atoms with Crippen molar-refractivity contribution < 1.29 is 5.21 Å². The van der Waals surface area contributed by atoms with Gasteiger partial charge in [0, 0.05) is 26.1 Å². The van der Waals surface area contributed by atoms with Gasteiger partial charge in [0.2, 0.25) is 0 Å². The first kappa shape index (κ1) is 9.21. The molecule has 0 saturated carbocycles. The maximum Gasteiger partial charge on any atom is 0.0723 e. The Morgan fingerprint density at radius 1 is 1.29 bits per heavy atom. The molecule has 1 aliphatic rings. The number of nitrogens with zero attached hydrogens (tertiary/aromatic N) is 2. The molecule has 3 heteroatoms. The predicted octanol–water partition coefficient (Wildman–Crippen LogP) is 1.72. The molecule has 1 aromatic rings. The molecule has 1 saturated heterocycles. The summed E-state index contributed by atoms with van der Waals surface area (Å²) in [5.74, 6) is 0. The van der Waals surface area contributed by atoms with Crippen molar-refractivity contribution in [2.45, 2.75) is 13.0 Å². The van der Waals surface area contributed by atoms with Crippen LogP contribution in [0.15, 0.2) is 35.5 Å². The Balaban J connectivity index is 1.94. The van der Waals surface area contributed by atoms with E-state index in [4.69, 9.17) is 5.21 Å². The van der Waals surface area contributed by atoms with Gasteiger partial charge in [-0.2, -0.15) is 0 Å². The number of rotatable bonds is 2. The third kappa shape index (κ3) is 2.12. The predicted molar refractivity (Wildman–Crippen MR) is 55.6 cm³/mol. The maximum atomic E-state index is 8.61. The quantitative estimate of drug-likeness (QED) is 0.569. The summed E-state index contributed by atoms with van der Waals surface area (Å²) in [7, 11) is 0. The lowest BCUT2D eigenvalue weighted by atomic mass is 10.2. The van der Waals surface area contributed by atoms with Gasteiger partial charge in [-0.25, -0.2) is 0 Å². The van der Waals surface area contributed by atoms with Crippen LogP contribution in [-0.4, -0.2) is 28.9 Å². The molecule has 0 bridgehead atoms. The number of hydrogen-bond donors (Lipinski definition) is 1. The summed E-state index contributed by atoms with van der Waals surface area (Å²) in [5.41, 5.74) is 2.20. The first-order chi connectivity index (χ1) is 6.88. The minimum absolute atomic E-state index is 0.797. The van der Waals surface area contributed by atoms with Crippen molar-refractivity contribution in [1.29, 1.82) is 0 Å². The van der Waals surface area contributed by atoms with Crippen LogP contribution in [0.3, 0.4) is 0 Å². The van der Waals surface area contributed by atoms with Gasteiger partial charge in [-0.3, -0.25) is 4.90 Å². The smallest absolute Gasteiger partial charge is 0.0723 e. The van der Waals surface area contributed by atoms with Crippen LogP contribution in [0.25, 0.3) is 0 Å². The van der Waals surface area contributed by atoms with Crippen LogP contribution < -0.4 is 0 Å². The summed E-state index contributed by atoms with van der Waals surface area (Å²) >= 11 is 0. The zero-order valence-electron chi connectivity index (χ0n) is 8.06. The van der Waals surface area contributed by atoms with E-state index in [2.05, 4.69) is 22.2 Å². The molecule has 0 aromatic heterocycles. The molecule has 0 atom stereocenters. The summed E-state index contributed by atoms with van der Waals surface area (Å²) in [6, 6.07) is 10.4. The van der Waals surface area contributed by atoms with Crippen LogP contribution in [-0.2, 0) is 6.54 Å². The fourth-order valence-corrected chi connectivity index (χ4v) is 1.76. The van der Waals surface area contributed by atoms with Crippen molar-refractivity contribution in [3.8, 4) is 0 Å². The summed E-state index contributed by atoms with van der Waals surface area (Å²) in [6.07, 6.45) is 0.892. The molecule has 14 heavy (non-hydrogen) atoms. The van der Waals surface area contributed by atoms with E-state index in [1.165, 1.54) is 5.56 Å². The van der Waals surface area contributed by atoms with E-state index in [0.717, 1.165) is 31.8 Å².